The van der Waals surface area contributed by atoms with Gasteiger partial charge in [0.25, 0.3) is 0 Å². The molecule has 1 aromatic rings. The molecule has 1 aliphatic rings. The standard InChI is InChI=1S/C11H16ClN5O/c1-2-3-14-11-15-6-8(12)10(16-11)17-5-4-13-9(18)7-17/h6H,2-5,7H2,1H3,(H,13,18)(H,14,15,16). The second-order valence-corrected chi connectivity index (χ2v) is 4.47. The summed E-state index contributed by atoms with van der Waals surface area (Å²) in [5, 5.41) is 6.34. The van der Waals surface area contributed by atoms with E-state index in [1.54, 1.807) is 6.20 Å². The lowest BCUT2D eigenvalue weighted by molar-refractivity contribution is -0.120. The van der Waals surface area contributed by atoms with Crippen molar-refractivity contribution in [3.05, 3.63) is 11.2 Å². The van der Waals surface area contributed by atoms with Crippen molar-refractivity contribution in [2.24, 2.45) is 0 Å². The van der Waals surface area contributed by atoms with Crippen LogP contribution in [0.2, 0.25) is 5.02 Å². The Bertz CT molecular complexity index is 439. The summed E-state index contributed by atoms with van der Waals surface area (Å²) in [5.41, 5.74) is 0. The zero-order valence-corrected chi connectivity index (χ0v) is 11.0. The summed E-state index contributed by atoms with van der Waals surface area (Å²) < 4.78 is 0. The van der Waals surface area contributed by atoms with Crippen molar-refractivity contribution in [2.45, 2.75) is 13.3 Å². The first-order valence-electron chi connectivity index (χ1n) is 5.98. The van der Waals surface area contributed by atoms with Gasteiger partial charge in [0.15, 0.2) is 5.82 Å². The van der Waals surface area contributed by atoms with E-state index in [0.717, 1.165) is 13.0 Å². The van der Waals surface area contributed by atoms with Crippen LogP contribution in [0.1, 0.15) is 13.3 Å². The van der Waals surface area contributed by atoms with Gasteiger partial charge in [-0.15, -0.1) is 0 Å². The molecule has 0 spiro atoms. The molecule has 2 heterocycles. The smallest absolute Gasteiger partial charge is 0.239 e. The lowest BCUT2D eigenvalue weighted by Crippen LogP contribution is -2.48. The molecule has 0 radical (unpaired) electrons. The summed E-state index contributed by atoms with van der Waals surface area (Å²) in [4.78, 5) is 21.7. The van der Waals surface area contributed by atoms with Crippen molar-refractivity contribution >= 4 is 29.3 Å². The Morgan fingerprint density at radius 2 is 2.44 bits per heavy atom. The number of hydrogen-bond donors (Lipinski definition) is 2. The van der Waals surface area contributed by atoms with Gasteiger partial charge in [0.1, 0.15) is 5.02 Å². The molecule has 1 saturated heterocycles. The van der Waals surface area contributed by atoms with E-state index < -0.39 is 0 Å². The summed E-state index contributed by atoms with van der Waals surface area (Å²) in [7, 11) is 0. The van der Waals surface area contributed by atoms with E-state index in [1.165, 1.54) is 0 Å². The predicted molar refractivity (Wildman–Crippen MR) is 71.0 cm³/mol. The molecular formula is C11H16ClN5O. The van der Waals surface area contributed by atoms with Crippen molar-refractivity contribution < 1.29 is 4.79 Å². The minimum atomic E-state index is -0.0148. The van der Waals surface area contributed by atoms with Gasteiger partial charge >= 0.3 is 0 Å². The summed E-state index contributed by atoms with van der Waals surface area (Å²) in [6.07, 6.45) is 2.56. The Labute approximate surface area is 111 Å². The van der Waals surface area contributed by atoms with Gasteiger partial charge in [0.05, 0.1) is 12.7 Å². The predicted octanol–water partition coefficient (Wildman–Crippen LogP) is 0.888. The van der Waals surface area contributed by atoms with Gasteiger partial charge in [0, 0.05) is 19.6 Å². The normalized spacial score (nSPS) is 15.4. The van der Waals surface area contributed by atoms with Crippen molar-refractivity contribution in [2.75, 3.05) is 36.4 Å². The number of carbonyl (C=O) groups is 1. The summed E-state index contributed by atoms with van der Waals surface area (Å²) in [6, 6.07) is 0. The molecule has 2 rings (SSSR count). The van der Waals surface area contributed by atoms with Gasteiger partial charge in [-0.1, -0.05) is 18.5 Å². The van der Waals surface area contributed by atoms with Gasteiger partial charge in [-0.2, -0.15) is 4.98 Å². The van der Waals surface area contributed by atoms with E-state index in [9.17, 15) is 4.79 Å². The van der Waals surface area contributed by atoms with Gasteiger partial charge in [-0.3, -0.25) is 4.79 Å². The lowest BCUT2D eigenvalue weighted by atomic mass is 10.3. The Hall–Kier alpha value is -1.56. The molecule has 0 bridgehead atoms. The Morgan fingerprint density at radius 1 is 1.61 bits per heavy atom. The van der Waals surface area contributed by atoms with Crippen LogP contribution in [-0.4, -0.2) is 42.1 Å². The number of nitrogens with zero attached hydrogens (tertiary/aromatic N) is 3. The zero-order chi connectivity index (χ0) is 13.0. The first kappa shape index (κ1) is 12.9. The second kappa shape index (κ2) is 5.86. The van der Waals surface area contributed by atoms with Gasteiger partial charge < -0.3 is 15.5 Å². The van der Waals surface area contributed by atoms with E-state index in [4.69, 9.17) is 11.6 Å². The molecule has 0 atom stereocenters. The van der Waals surface area contributed by atoms with Crippen LogP contribution in [0.3, 0.4) is 0 Å². The summed E-state index contributed by atoms with van der Waals surface area (Å²) in [5.74, 6) is 1.14. The molecule has 1 fully saturated rings. The number of piperazine rings is 1. The van der Waals surface area contributed by atoms with Gasteiger partial charge in [-0.25, -0.2) is 4.98 Å². The number of hydrogen-bond acceptors (Lipinski definition) is 5. The van der Waals surface area contributed by atoms with Crippen LogP contribution >= 0.6 is 11.6 Å². The Balaban J connectivity index is 2.17. The first-order valence-corrected chi connectivity index (χ1v) is 6.36. The zero-order valence-electron chi connectivity index (χ0n) is 10.2. The highest BCUT2D eigenvalue weighted by molar-refractivity contribution is 6.32. The Morgan fingerprint density at radius 3 is 3.17 bits per heavy atom. The molecule has 0 unspecified atom stereocenters. The van der Waals surface area contributed by atoms with Crippen LogP contribution in [0.4, 0.5) is 11.8 Å². The maximum atomic E-state index is 11.4. The van der Waals surface area contributed by atoms with Crippen molar-refractivity contribution in [1.29, 1.82) is 0 Å². The quantitative estimate of drug-likeness (QED) is 0.849. The number of halogens is 1. The van der Waals surface area contributed by atoms with E-state index in [2.05, 4.69) is 27.5 Å². The molecule has 1 aliphatic heterocycles. The highest BCUT2D eigenvalue weighted by Gasteiger charge is 2.20. The molecule has 1 amide bonds. The molecule has 6 nitrogen and oxygen atoms in total. The van der Waals surface area contributed by atoms with Crippen molar-refractivity contribution in [1.82, 2.24) is 15.3 Å². The van der Waals surface area contributed by atoms with E-state index >= 15 is 0 Å². The molecule has 0 saturated carbocycles. The van der Waals surface area contributed by atoms with Crippen molar-refractivity contribution in [3.63, 3.8) is 0 Å². The number of carbonyl (C=O) groups excluding carboxylic acids is 1. The second-order valence-electron chi connectivity index (χ2n) is 4.06. The van der Waals surface area contributed by atoms with Gasteiger partial charge in [-0.05, 0) is 6.42 Å². The molecule has 7 heteroatoms. The fraction of sp³-hybridized carbons (Fsp3) is 0.545. The topological polar surface area (TPSA) is 70.2 Å². The summed E-state index contributed by atoms with van der Waals surface area (Å²) >= 11 is 6.09. The number of nitrogens with one attached hydrogen (secondary N) is 2. The first-order chi connectivity index (χ1) is 8.70. The van der Waals surface area contributed by atoms with Crippen LogP contribution in [0, 0.1) is 0 Å². The number of rotatable bonds is 4. The fourth-order valence-electron chi connectivity index (χ4n) is 1.72. The van der Waals surface area contributed by atoms with E-state index in [1.807, 2.05) is 4.90 Å². The molecule has 0 aliphatic carbocycles. The molecule has 98 valence electrons. The Kier molecular flexibility index (Phi) is 4.19. The van der Waals surface area contributed by atoms with Crippen LogP contribution < -0.4 is 15.5 Å². The van der Waals surface area contributed by atoms with Crippen LogP contribution in [0.25, 0.3) is 0 Å². The third-order valence-electron chi connectivity index (χ3n) is 2.60. The minimum absolute atomic E-state index is 0.0148. The van der Waals surface area contributed by atoms with E-state index in [-0.39, 0.29) is 12.5 Å². The van der Waals surface area contributed by atoms with E-state index in [0.29, 0.717) is 29.9 Å². The maximum Gasteiger partial charge on any atom is 0.239 e. The molecule has 2 N–H and O–H groups in total. The molecule has 18 heavy (non-hydrogen) atoms. The highest BCUT2D eigenvalue weighted by Crippen LogP contribution is 2.24. The monoisotopic (exact) mass is 269 g/mol. The molecule has 0 aromatic carbocycles. The van der Waals surface area contributed by atoms with Crippen molar-refractivity contribution in [3.8, 4) is 0 Å². The largest absolute Gasteiger partial charge is 0.354 e. The molecular weight excluding hydrogens is 254 g/mol. The summed E-state index contributed by atoms with van der Waals surface area (Å²) in [6.45, 7) is 4.47. The number of aromatic nitrogens is 2. The lowest BCUT2D eigenvalue weighted by Gasteiger charge is -2.28. The molecule has 1 aromatic heterocycles. The average Bonchev–Trinajstić information content (AvgIpc) is 2.38. The fourth-order valence-corrected chi connectivity index (χ4v) is 1.93. The van der Waals surface area contributed by atoms with Crippen LogP contribution in [0.5, 0.6) is 0 Å². The third-order valence-corrected chi connectivity index (χ3v) is 2.86. The number of anilines is 2. The SMILES string of the molecule is CCCNc1ncc(Cl)c(N2CCNC(=O)C2)n1. The van der Waals surface area contributed by atoms with Crippen LogP contribution in [0.15, 0.2) is 6.20 Å². The maximum absolute atomic E-state index is 11.4. The van der Waals surface area contributed by atoms with Crippen LogP contribution in [-0.2, 0) is 4.79 Å². The number of amides is 1. The highest BCUT2D eigenvalue weighted by atomic mass is 35.5. The minimum Gasteiger partial charge on any atom is -0.354 e. The van der Waals surface area contributed by atoms with Gasteiger partial charge in [0.2, 0.25) is 11.9 Å². The average molecular weight is 270 g/mol. The third kappa shape index (κ3) is 3.01.